The maximum Gasteiger partial charge on any atom is 0.342 e. The summed E-state index contributed by atoms with van der Waals surface area (Å²) in [4.78, 5) is 22.2. The second-order valence-corrected chi connectivity index (χ2v) is 10.00. The van der Waals surface area contributed by atoms with E-state index in [2.05, 4.69) is 36.6 Å². The van der Waals surface area contributed by atoms with Crippen molar-refractivity contribution < 1.29 is 19.9 Å². The molecule has 0 amide bonds. The first-order valence-electron chi connectivity index (χ1n) is 10.4. The zero-order valence-corrected chi connectivity index (χ0v) is 21.1. The van der Waals surface area contributed by atoms with Crippen molar-refractivity contribution in [3.05, 3.63) is 74.6 Å². The molecular weight excluding hydrogens is 488 g/mol. The van der Waals surface area contributed by atoms with Crippen LogP contribution in [0.15, 0.2) is 52.9 Å². The van der Waals surface area contributed by atoms with Gasteiger partial charge >= 0.3 is 5.97 Å². The lowest BCUT2D eigenvalue weighted by molar-refractivity contribution is -0.385. The Kier molecular flexibility index (Phi) is 7.51. The quantitative estimate of drug-likeness (QED) is 0.142. The molecule has 3 rings (SSSR count). The molecule has 4 N–H and O–H groups in total. The van der Waals surface area contributed by atoms with Gasteiger partial charge < -0.3 is 15.5 Å². The minimum atomic E-state index is -1.40. The van der Waals surface area contributed by atoms with E-state index in [1.165, 1.54) is 23.0 Å². The molecule has 11 heteroatoms. The van der Waals surface area contributed by atoms with Crippen molar-refractivity contribution in [3.63, 3.8) is 0 Å². The number of hydrazone groups is 1. The largest absolute Gasteiger partial charge is 0.506 e. The Morgan fingerprint density at radius 1 is 1.14 bits per heavy atom. The van der Waals surface area contributed by atoms with Crippen molar-refractivity contribution in [2.24, 2.45) is 5.10 Å². The summed E-state index contributed by atoms with van der Waals surface area (Å²) in [5, 5.41) is 39.8. The van der Waals surface area contributed by atoms with Crippen LogP contribution in [0.3, 0.4) is 0 Å². The topological polar surface area (TPSA) is 137 Å². The van der Waals surface area contributed by atoms with Crippen molar-refractivity contribution in [1.29, 1.82) is 0 Å². The van der Waals surface area contributed by atoms with E-state index < -0.39 is 22.1 Å². The van der Waals surface area contributed by atoms with Gasteiger partial charge in [0, 0.05) is 17.1 Å². The van der Waals surface area contributed by atoms with Crippen LogP contribution >= 0.6 is 23.6 Å². The first-order chi connectivity index (χ1) is 16.4. The summed E-state index contributed by atoms with van der Waals surface area (Å²) in [6, 6.07) is 11.6. The summed E-state index contributed by atoms with van der Waals surface area (Å²) in [6.07, 6.45) is 0. The lowest BCUT2D eigenvalue weighted by atomic mass is 9.86. The summed E-state index contributed by atoms with van der Waals surface area (Å²) in [5.74, 6) is -1.29. The Bertz CT molecular complexity index is 1320. The van der Waals surface area contributed by atoms with Gasteiger partial charge in [-0.3, -0.25) is 15.5 Å². The number of nitro benzene ring substituents is 1. The number of carboxylic acids is 1. The molecule has 3 aromatic rings. The van der Waals surface area contributed by atoms with E-state index in [4.69, 9.17) is 17.3 Å². The van der Waals surface area contributed by atoms with Crippen LogP contribution in [0.2, 0.25) is 0 Å². The molecule has 0 bridgehead atoms. The zero-order valence-electron chi connectivity index (χ0n) is 19.4. The summed E-state index contributed by atoms with van der Waals surface area (Å²) >= 11 is 6.58. The Morgan fingerprint density at radius 2 is 1.80 bits per heavy atom. The smallest absolute Gasteiger partial charge is 0.342 e. The number of benzene rings is 2. The van der Waals surface area contributed by atoms with Crippen molar-refractivity contribution in [2.75, 3.05) is 5.32 Å². The van der Waals surface area contributed by atoms with E-state index >= 15 is 0 Å². The third-order valence-electron chi connectivity index (χ3n) is 5.18. The van der Waals surface area contributed by atoms with Gasteiger partial charge in [0.25, 0.3) is 5.69 Å². The molecule has 0 radical (unpaired) electrons. The average molecular weight is 513 g/mol. The predicted octanol–water partition coefficient (Wildman–Crippen LogP) is 5.74. The number of anilines is 1. The van der Waals surface area contributed by atoms with Gasteiger partial charge in [-0.15, -0.1) is 11.3 Å². The second-order valence-electron chi connectivity index (χ2n) is 8.71. The van der Waals surface area contributed by atoms with Crippen molar-refractivity contribution in [3.8, 4) is 16.2 Å². The van der Waals surface area contributed by atoms with Gasteiger partial charge in [0.05, 0.1) is 21.1 Å². The molecule has 1 aromatic heterocycles. The van der Waals surface area contributed by atoms with Crippen LogP contribution in [0, 0.1) is 10.1 Å². The SMILES string of the molecule is C/C(=N\NC(=S)Nc1ccc(C(=O)O)c([N+](=O)[O-])c1)c1csc(-c2ccc(C(C)(C)C)cc2)c1O. The van der Waals surface area contributed by atoms with E-state index in [-0.39, 0.29) is 22.0 Å². The van der Waals surface area contributed by atoms with Gasteiger partial charge in [0.15, 0.2) is 5.11 Å². The van der Waals surface area contributed by atoms with Crippen molar-refractivity contribution in [1.82, 2.24) is 5.43 Å². The normalized spacial score (nSPS) is 11.7. The predicted molar refractivity (Wildman–Crippen MR) is 142 cm³/mol. The van der Waals surface area contributed by atoms with E-state index in [1.54, 1.807) is 12.3 Å². The number of hydrogen-bond acceptors (Lipinski definition) is 7. The zero-order chi connectivity index (χ0) is 25.9. The molecule has 0 atom stereocenters. The molecule has 0 fully saturated rings. The van der Waals surface area contributed by atoms with Crippen LogP contribution in [-0.2, 0) is 5.41 Å². The maximum atomic E-state index is 11.2. The Balaban J connectivity index is 1.72. The summed E-state index contributed by atoms with van der Waals surface area (Å²) in [6.45, 7) is 8.12. The molecule has 0 aliphatic carbocycles. The van der Waals surface area contributed by atoms with E-state index in [0.29, 0.717) is 11.3 Å². The van der Waals surface area contributed by atoms with Crippen LogP contribution in [-0.4, -0.2) is 31.9 Å². The lowest BCUT2D eigenvalue weighted by Gasteiger charge is -2.19. The van der Waals surface area contributed by atoms with Crippen LogP contribution in [0.5, 0.6) is 5.75 Å². The number of carbonyl (C=O) groups is 1. The Morgan fingerprint density at radius 3 is 2.37 bits per heavy atom. The van der Waals surface area contributed by atoms with E-state index in [0.717, 1.165) is 22.6 Å². The number of aromatic carboxylic acids is 1. The van der Waals surface area contributed by atoms with Gasteiger partial charge in [-0.1, -0.05) is 45.0 Å². The van der Waals surface area contributed by atoms with Gasteiger partial charge in [0.1, 0.15) is 11.3 Å². The Labute approximate surface area is 211 Å². The molecule has 1 heterocycles. The number of thiophene rings is 1. The number of nitrogens with zero attached hydrogens (tertiary/aromatic N) is 2. The molecule has 0 saturated heterocycles. The highest BCUT2D eigenvalue weighted by atomic mass is 32.1. The first-order valence-corrected chi connectivity index (χ1v) is 11.7. The molecular formula is C24H24N4O5S2. The highest BCUT2D eigenvalue weighted by Gasteiger charge is 2.20. The Hall–Kier alpha value is -3.83. The van der Waals surface area contributed by atoms with Gasteiger partial charge in [-0.2, -0.15) is 5.10 Å². The molecule has 0 aliphatic rings. The third kappa shape index (κ3) is 6.00. The second kappa shape index (κ2) is 10.2. The summed E-state index contributed by atoms with van der Waals surface area (Å²) < 4.78 is 0. The minimum Gasteiger partial charge on any atom is -0.506 e. The minimum absolute atomic E-state index is 0.0335. The van der Waals surface area contributed by atoms with Crippen molar-refractivity contribution >= 4 is 51.7 Å². The number of nitrogens with one attached hydrogen (secondary N) is 2. The molecule has 0 spiro atoms. The molecule has 0 aliphatic heterocycles. The van der Waals surface area contributed by atoms with E-state index in [1.807, 2.05) is 24.3 Å². The summed E-state index contributed by atoms with van der Waals surface area (Å²) in [7, 11) is 0. The average Bonchev–Trinajstić information content (AvgIpc) is 3.18. The molecule has 35 heavy (non-hydrogen) atoms. The van der Waals surface area contributed by atoms with Crippen LogP contribution in [0.25, 0.3) is 10.4 Å². The summed E-state index contributed by atoms with van der Waals surface area (Å²) in [5.41, 5.74) is 5.03. The van der Waals surface area contributed by atoms with Crippen molar-refractivity contribution in [2.45, 2.75) is 33.1 Å². The number of rotatable bonds is 6. The fourth-order valence-electron chi connectivity index (χ4n) is 3.23. The standard InChI is InChI=1S/C24H24N4O5S2/c1-13(18-12-35-21(20(18)29)14-5-7-15(8-6-14)24(2,3)4)26-27-23(34)25-16-9-10-17(22(30)31)19(11-16)28(32)33/h5-12,29H,1-4H3,(H,30,31)(H2,25,27,34)/b26-13+. The number of carboxylic acid groups (broad SMARTS) is 1. The number of nitro groups is 1. The van der Waals surface area contributed by atoms with Crippen LogP contribution < -0.4 is 10.7 Å². The number of thiocarbonyl (C=S) groups is 1. The molecule has 182 valence electrons. The molecule has 0 unspecified atom stereocenters. The lowest BCUT2D eigenvalue weighted by Crippen LogP contribution is -2.25. The van der Waals surface area contributed by atoms with E-state index in [9.17, 15) is 20.0 Å². The monoisotopic (exact) mass is 512 g/mol. The molecule has 2 aromatic carbocycles. The molecule has 9 nitrogen and oxygen atoms in total. The van der Waals surface area contributed by atoms with Crippen LogP contribution in [0.4, 0.5) is 11.4 Å². The highest BCUT2D eigenvalue weighted by molar-refractivity contribution is 7.80. The fourth-order valence-corrected chi connectivity index (χ4v) is 4.41. The number of aromatic hydroxyl groups is 1. The fraction of sp³-hybridized carbons (Fsp3) is 0.208. The van der Waals surface area contributed by atoms with Gasteiger partial charge in [-0.25, -0.2) is 4.79 Å². The first kappa shape index (κ1) is 25.8. The van der Waals surface area contributed by atoms with Gasteiger partial charge in [-0.05, 0) is 47.8 Å². The van der Waals surface area contributed by atoms with Gasteiger partial charge in [0.2, 0.25) is 0 Å². The van der Waals surface area contributed by atoms with Crippen LogP contribution in [0.1, 0.15) is 49.2 Å². The maximum absolute atomic E-state index is 11.2. The number of hydrogen-bond donors (Lipinski definition) is 4. The third-order valence-corrected chi connectivity index (χ3v) is 6.39. The molecule has 0 saturated carbocycles. The highest BCUT2D eigenvalue weighted by Crippen LogP contribution is 2.39.